The third kappa shape index (κ3) is 4.29. The maximum absolute atomic E-state index is 13.7. The number of thiazole rings is 1. The van der Waals surface area contributed by atoms with Gasteiger partial charge in [0.15, 0.2) is 5.13 Å². The third-order valence-electron chi connectivity index (χ3n) is 5.51. The summed E-state index contributed by atoms with van der Waals surface area (Å²) in [6, 6.07) is 13.7. The van der Waals surface area contributed by atoms with E-state index in [1.807, 2.05) is 0 Å². The minimum atomic E-state index is -3.57. The number of hydrogen-bond donors (Lipinski definition) is 0. The molecule has 0 saturated carbocycles. The Kier molecular flexibility index (Phi) is 5.73. The summed E-state index contributed by atoms with van der Waals surface area (Å²) in [5, 5.41) is 0.394. The van der Waals surface area contributed by atoms with Crippen LogP contribution in [0.4, 0.5) is 9.52 Å². The van der Waals surface area contributed by atoms with Crippen LogP contribution in [0.5, 0.6) is 0 Å². The Morgan fingerprint density at radius 2 is 1.88 bits per heavy atom. The topological polar surface area (TPSA) is 83.7 Å². The summed E-state index contributed by atoms with van der Waals surface area (Å²) < 4.78 is 46.7. The first-order valence-corrected chi connectivity index (χ1v) is 12.7. The number of sulfonamides is 1. The van der Waals surface area contributed by atoms with E-state index in [0.29, 0.717) is 39.8 Å². The molecule has 0 aliphatic carbocycles. The van der Waals surface area contributed by atoms with Gasteiger partial charge in [0.1, 0.15) is 11.6 Å². The van der Waals surface area contributed by atoms with Crippen LogP contribution < -0.4 is 4.90 Å². The molecule has 2 aromatic heterocycles. The molecule has 0 atom stereocenters. The molecule has 1 fully saturated rings. The molecule has 0 unspecified atom stereocenters. The molecule has 33 heavy (non-hydrogen) atoms. The van der Waals surface area contributed by atoms with E-state index >= 15 is 0 Å². The van der Waals surface area contributed by atoms with Gasteiger partial charge in [0.05, 0.1) is 27.9 Å². The third-order valence-corrected chi connectivity index (χ3v) is 8.47. The predicted octanol–water partition coefficient (Wildman–Crippen LogP) is 4.66. The second-order valence-corrected chi connectivity index (χ2v) is 10.7. The van der Waals surface area contributed by atoms with Gasteiger partial charge in [0.25, 0.3) is 5.91 Å². The lowest BCUT2D eigenvalue weighted by atomic mass is 10.2. The molecule has 4 aromatic rings. The number of carbonyl (C=O) groups is 1. The number of halogens is 1. The Labute approximate surface area is 194 Å². The summed E-state index contributed by atoms with van der Waals surface area (Å²) >= 11 is 1.20. The highest BCUT2D eigenvalue weighted by Crippen LogP contribution is 2.31. The Morgan fingerprint density at radius 1 is 1.12 bits per heavy atom. The van der Waals surface area contributed by atoms with Crippen LogP contribution in [0.2, 0.25) is 0 Å². The van der Waals surface area contributed by atoms with E-state index in [2.05, 4.69) is 4.98 Å². The molecule has 3 heterocycles. The molecule has 10 heteroatoms. The second kappa shape index (κ2) is 8.69. The van der Waals surface area contributed by atoms with Gasteiger partial charge in [-0.3, -0.25) is 9.69 Å². The zero-order valence-electron chi connectivity index (χ0n) is 17.5. The molecular weight excluding hydrogens is 465 g/mol. The van der Waals surface area contributed by atoms with Crippen molar-refractivity contribution in [1.29, 1.82) is 0 Å². The maximum atomic E-state index is 13.7. The van der Waals surface area contributed by atoms with Gasteiger partial charge in [-0.15, -0.1) is 0 Å². The Morgan fingerprint density at radius 3 is 2.58 bits per heavy atom. The van der Waals surface area contributed by atoms with Crippen molar-refractivity contribution in [3.8, 4) is 0 Å². The molecule has 1 saturated heterocycles. The first-order chi connectivity index (χ1) is 15.9. The smallest absolute Gasteiger partial charge is 0.260 e. The standard InChI is InChI=1S/C23H20FN3O4S2/c24-17-7-10-20-21(14-17)32-23(25-20)27(15-18-4-3-13-31-18)22(28)16-5-8-19(9-6-16)33(29,30)26-11-1-2-12-26/h3-10,13-14H,1-2,11-12,15H2. The number of carbonyl (C=O) groups excluding carboxylic acids is 1. The van der Waals surface area contributed by atoms with Crippen molar-refractivity contribution in [2.24, 2.45) is 0 Å². The number of rotatable bonds is 6. The second-order valence-electron chi connectivity index (χ2n) is 7.71. The Bertz CT molecular complexity index is 1390. The number of fused-ring (bicyclic) bond motifs is 1. The lowest BCUT2D eigenvalue weighted by Crippen LogP contribution is -2.30. The van der Waals surface area contributed by atoms with Gasteiger partial charge in [-0.1, -0.05) is 11.3 Å². The zero-order valence-corrected chi connectivity index (χ0v) is 19.1. The number of nitrogens with zero attached hydrogens (tertiary/aromatic N) is 3. The average molecular weight is 486 g/mol. The molecule has 1 aliphatic rings. The van der Waals surface area contributed by atoms with E-state index in [1.54, 1.807) is 18.2 Å². The Balaban J connectivity index is 1.47. The average Bonchev–Trinajstić information content (AvgIpc) is 3.58. The molecule has 170 valence electrons. The van der Waals surface area contributed by atoms with Crippen LogP contribution in [0, 0.1) is 5.82 Å². The fourth-order valence-corrected chi connectivity index (χ4v) is 6.29. The lowest BCUT2D eigenvalue weighted by Gasteiger charge is -2.19. The van der Waals surface area contributed by atoms with Crippen LogP contribution in [0.25, 0.3) is 10.2 Å². The molecule has 7 nitrogen and oxygen atoms in total. The quantitative estimate of drug-likeness (QED) is 0.397. The Hall–Kier alpha value is -3.08. The normalized spacial score (nSPS) is 14.7. The lowest BCUT2D eigenvalue weighted by molar-refractivity contribution is 0.0983. The van der Waals surface area contributed by atoms with Crippen LogP contribution in [-0.2, 0) is 16.6 Å². The summed E-state index contributed by atoms with van der Waals surface area (Å²) in [5.74, 6) is -0.186. The van der Waals surface area contributed by atoms with E-state index in [1.165, 1.54) is 63.2 Å². The maximum Gasteiger partial charge on any atom is 0.260 e. The van der Waals surface area contributed by atoms with Crippen LogP contribution in [0.3, 0.4) is 0 Å². The van der Waals surface area contributed by atoms with Crippen molar-refractivity contribution in [3.63, 3.8) is 0 Å². The number of furan rings is 1. The van der Waals surface area contributed by atoms with Gasteiger partial charge in [-0.05, 0) is 67.4 Å². The molecule has 0 N–H and O–H groups in total. The van der Waals surface area contributed by atoms with Crippen molar-refractivity contribution in [1.82, 2.24) is 9.29 Å². The summed E-state index contributed by atoms with van der Waals surface area (Å²) in [5.41, 5.74) is 0.896. The number of aromatic nitrogens is 1. The number of hydrogen-bond acceptors (Lipinski definition) is 6. The molecule has 0 radical (unpaired) electrons. The van der Waals surface area contributed by atoms with Gasteiger partial charge in [-0.25, -0.2) is 17.8 Å². The van der Waals surface area contributed by atoms with E-state index in [0.717, 1.165) is 12.8 Å². The highest BCUT2D eigenvalue weighted by molar-refractivity contribution is 7.89. The van der Waals surface area contributed by atoms with Crippen LogP contribution in [0.15, 0.2) is 70.2 Å². The molecule has 5 rings (SSSR count). The van der Waals surface area contributed by atoms with Gasteiger partial charge < -0.3 is 4.42 Å². The van der Waals surface area contributed by atoms with Crippen molar-refractivity contribution < 1.29 is 22.0 Å². The predicted molar refractivity (Wildman–Crippen MR) is 123 cm³/mol. The summed E-state index contributed by atoms with van der Waals surface area (Å²) in [7, 11) is -3.57. The first kappa shape index (κ1) is 21.7. The minimum absolute atomic E-state index is 0.127. The van der Waals surface area contributed by atoms with E-state index in [-0.39, 0.29) is 23.2 Å². The fraction of sp³-hybridized carbons (Fsp3) is 0.217. The molecule has 0 spiro atoms. The van der Waals surface area contributed by atoms with E-state index in [9.17, 15) is 17.6 Å². The van der Waals surface area contributed by atoms with E-state index in [4.69, 9.17) is 4.42 Å². The monoisotopic (exact) mass is 485 g/mol. The van der Waals surface area contributed by atoms with Crippen LogP contribution in [0.1, 0.15) is 29.0 Å². The van der Waals surface area contributed by atoms with Gasteiger partial charge in [-0.2, -0.15) is 4.31 Å². The van der Waals surface area contributed by atoms with Crippen LogP contribution in [-0.4, -0.2) is 36.7 Å². The number of benzene rings is 2. The molecule has 0 bridgehead atoms. The van der Waals surface area contributed by atoms with Gasteiger partial charge >= 0.3 is 0 Å². The summed E-state index contributed by atoms with van der Waals surface area (Å²) in [4.78, 5) is 19.6. The number of amides is 1. The van der Waals surface area contributed by atoms with Crippen molar-refractivity contribution in [2.75, 3.05) is 18.0 Å². The van der Waals surface area contributed by atoms with Gasteiger partial charge in [0.2, 0.25) is 10.0 Å². The SMILES string of the molecule is O=C(c1ccc(S(=O)(=O)N2CCCC2)cc1)N(Cc1ccco1)c1nc2ccc(F)cc2s1. The van der Waals surface area contributed by atoms with Crippen molar-refractivity contribution >= 4 is 42.6 Å². The summed E-state index contributed by atoms with van der Waals surface area (Å²) in [6.45, 7) is 1.15. The van der Waals surface area contributed by atoms with Crippen LogP contribution >= 0.6 is 11.3 Å². The highest BCUT2D eigenvalue weighted by atomic mass is 32.2. The molecule has 2 aromatic carbocycles. The molecular formula is C23H20FN3O4S2. The number of anilines is 1. The van der Waals surface area contributed by atoms with Gasteiger partial charge in [0, 0.05) is 18.7 Å². The zero-order chi connectivity index (χ0) is 23.0. The largest absolute Gasteiger partial charge is 0.467 e. The minimum Gasteiger partial charge on any atom is -0.467 e. The van der Waals surface area contributed by atoms with E-state index < -0.39 is 10.0 Å². The fourth-order valence-electron chi connectivity index (χ4n) is 3.79. The first-order valence-electron chi connectivity index (χ1n) is 10.4. The van der Waals surface area contributed by atoms with Crippen molar-refractivity contribution in [2.45, 2.75) is 24.3 Å². The molecule has 1 amide bonds. The summed E-state index contributed by atoms with van der Waals surface area (Å²) in [6.07, 6.45) is 3.22. The highest BCUT2D eigenvalue weighted by Gasteiger charge is 2.28. The molecule has 1 aliphatic heterocycles. The van der Waals surface area contributed by atoms with Crippen molar-refractivity contribution in [3.05, 3.63) is 78.0 Å².